The normalized spacial score (nSPS) is 20.0. The number of aliphatic hydroxyl groups is 1. The minimum Gasteiger partial charge on any atom is -0.487 e. The zero-order valence-electron chi connectivity index (χ0n) is 18.4. The minimum atomic E-state index is -0.600. The minimum absolute atomic E-state index is 0.199. The van der Waals surface area contributed by atoms with Crippen LogP contribution in [0.25, 0.3) is 11.0 Å². The Morgan fingerprint density at radius 3 is 2.70 bits per heavy atom. The van der Waals surface area contributed by atoms with Crippen LogP contribution in [0.1, 0.15) is 80.2 Å². The van der Waals surface area contributed by atoms with Gasteiger partial charge >= 0.3 is 0 Å². The molecule has 1 aliphatic carbocycles. The van der Waals surface area contributed by atoms with E-state index in [1.165, 1.54) is 0 Å². The van der Waals surface area contributed by atoms with Gasteiger partial charge < -0.3 is 24.5 Å². The molecule has 0 radical (unpaired) electrons. The van der Waals surface area contributed by atoms with E-state index in [1.54, 1.807) is 0 Å². The number of carbonyl (C=O) groups is 1. The van der Waals surface area contributed by atoms with Gasteiger partial charge in [-0.05, 0) is 70.8 Å². The second-order valence-electron chi connectivity index (χ2n) is 8.76. The summed E-state index contributed by atoms with van der Waals surface area (Å²) in [6, 6.07) is 3.74. The molecule has 30 heavy (non-hydrogen) atoms. The first-order chi connectivity index (χ1) is 14.5. The Morgan fingerprint density at radius 2 is 2.00 bits per heavy atom. The van der Waals surface area contributed by atoms with E-state index in [4.69, 9.17) is 9.15 Å². The summed E-state index contributed by atoms with van der Waals surface area (Å²) < 4.78 is 12.3. The Morgan fingerprint density at radius 1 is 1.27 bits per heavy atom. The van der Waals surface area contributed by atoms with Crippen LogP contribution in [0.3, 0.4) is 0 Å². The zero-order valence-corrected chi connectivity index (χ0v) is 18.4. The SMILES string of the molecule is CCN(CC)CCCNC(=O)c1oc2ccc3c(c2c1C)C(O)CC1(CCCC1)O3. The maximum absolute atomic E-state index is 12.8. The molecule has 1 aliphatic heterocycles. The Kier molecular flexibility index (Phi) is 6.07. The summed E-state index contributed by atoms with van der Waals surface area (Å²) in [5.74, 6) is 0.864. The van der Waals surface area contributed by atoms with Crippen LogP contribution < -0.4 is 10.1 Å². The number of benzene rings is 1. The molecule has 1 amide bonds. The van der Waals surface area contributed by atoms with Crippen molar-refractivity contribution in [1.29, 1.82) is 0 Å². The summed E-state index contributed by atoms with van der Waals surface area (Å²) in [7, 11) is 0. The molecule has 1 unspecified atom stereocenters. The standard InChI is InChI=1S/C24H34N2O4/c1-4-26(5-2)14-8-13-25-23(28)22-16(3)20-18(29-22)9-10-19-21(20)17(27)15-24(30-19)11-6-7-12-24/h9-10,17,27H,4-8,11-15H2,1-3H3,(H,25,28). The number of aryl methyl sites for hydroxylation is 1. The van der Waals surface area contributed by atoms with Gasteiger partial charge in [0, 0.05) is 29.5 Å². The Balaban J connectivity index is 1.53. The van der Waals surface area contributed by atoms with Gasteiger partial charge in [-0.3, -0.25) is 4.79 Å². The number of nitrogens with zero attached hydrogens (tertiary/aromatic N) is 1. The number of furan rings is 1. The van der Waals surface area contributed by atoms with Crippen LogP contribution in [0, 0.1) is 6.92 Å². The Bertz CT molecular complexity index is 910. The zero-order chi connectivity index (χ0) is 21.3. The second-order valence-corrected chi connectivity index (χ2v) is 8.76. The van der Waals surface area contributed by atoms with Crippen LogP contribution in [-0.4, -0.2) is 47.7 Å². The van der Waals surface area contributed by atoms with Crippen molar-refractivity contribution >= 4 is 16.9 Å². The molecule has 0 bridgehead atoms. The van der Waals surface area contributed by atoms with Gasteiger partial charge in [-0.25, -0.2) is 0 Å². The highest BCUT2D eigenvalue weighted by Crippen LogP contribution is 2.50. The molecular weight excluding hydrogens is 380 g/mol. The van der Waals surface area contributed by atoms with Crippen molar-refractivity contribution in [2.75, 3.05) is 26.2 Å². The van der Waals surface area contributed by atoms with Crippen LogP contribution in [0.4, 0.5) is 0 Å². The van der Waals surface area contributed by atoms with Crippen molar-refractivity contribution in [3.05, 3.63) is 29.0 Å². The molecule has 1 saturated carbocycles. The highest BCUT2D eigenvalue weighted by atomic mass is 16.5. The third kappa shape index (κ3) is 3.83. The summed E-state index contributed by atoms with van der Waals surface area (Å²) >= 11 is 0. The van der Waals surface area contributed by atoms with Gasteiger partial charge in [-0.2, -0.15) is 0 Å². The number of aliphatic hydroxyl groups excluding tert-OH is 1. The third-order valence-corrected chi connectivity index (χ3v) is 6.87. The van der Waals surface area contributed by atoms with Crippen LogP contribution in [0.2, 0.25) is 0 Å². The molecule has 1 aromatic heterocycles. The number of amides is 1. The molecule has 0 saturated heterocycles. The lowest BCUT2D eigenvalue weighted by molar-refractivity contribution is -0.00845. The molecule has 1 spiro atoms. The van der Waals surface area contributed by atoms with E-state index in [-0.39, 0.29) is 11.5 Å². The van der Waals surface area contributed by atoms with Crippen LogP contribution in [0.5, 0.6) is 5.75 Å². The lowest BCUT2D eigenvalue weighted by atomic mass is 9.85. The first-order valence-electron chi connectivity index (χ1n) is 11.4. The summed E-state index contributed by atoms with van der Waals surface area (Å²) in [5, 5.41) is 14.8. The fraction of sp³-hybridized carbons (Fsp3) is 0.625. The van der Waals surface area contributed by atoms with Crippen molar-refractivity contribution < 1.29 is 19.1 Å². The molecule has 1 aromatic carbocycles. The molecule has 2 N–H and O–H groups in total. The number of nitrogens with one attached hydrogen (secondary N) is 1. The number of hydrogen-bond donors (Lipinski definition) is 2. The van der Waals surface area contributed by atoms with Gasteiger partial charge in [-0.1, -0.05) is 13.8 Å². The van der Waals surface area contributed by atoms with Gasteiger partial charge in [0.25, 0.3) is 5.91 Å². The summed E-state index contributed by atoms with van der Waals surface area (Å²) in [5.41, 5.74) is 1.94. The molecule has 6 heteroatoms. The number of rotatable bonds is 7. The molecular formula is C24H34N2O4. The molecule has 1 atom stereocenters. The lowest BCUT2D eigenvalue weighted by Crippen LogP contribution is -2.38. The molecule has 164 valence electrons. The number of fused-ring (bicyclic) bond motifs is 3. The summed E-state index contributed by atoms with van der Waals surface area (Å²) in [6.07, 6.45) is 5.19. The Hall–Kier alpha value is -2.05. The third-order valence-electron chi connectivity index (χ3n) is 6.87. The number of carbonyl (C=O) groups excluding carboxylic acids is 1. The van der Waals surface area contributed by atoms with Gasteiger partial charge in [0.1, 0.15) is 16.9 Å². The van der Waals surface area contributed by atoms with E-state index in [0.717, 1.165) is 74.0 Å². The first-order valence-corrected chi connectivity index (χ1v) is 11.4. The quantitative estimate of drug-likeness (QED) is 0.660. The predicted molar refractivity (Wildman–Crippen MR) is 117 cm³/mol. The largest absolute Gasteiger partial charge is 0.487 e. The highest BCUT2D eigenvalue weighted by molar-refractivity contribution is 6.00. The summed E-state index contributed by atoms with van der Waals surface area (Å²) in [6.45, 7) is 9.79. The van der Waals surface area contributed by atoms with E-state index in [2.05, 4.69) is 24.1 Å². The lowest BCUT2D eigenvalue weighted by Gasteiger charge is -2.38. The van der Waals surface area contributed by atoms with Crippen LogP contribution in [0.15, 0.2) is 16.5 Å². The second kappa shape index (κ2) is 8.60. The fourth-order valence-corrected chi connectivity index (χ4v) is 5.17. The molecule has 6 nitrogen and oxygen atoms in total. The van der Waals surface area contributed by atoms with Gasteiger partial charge in [-0.15, -0.1) is 0 Å². The molecule has 2 aliphatic rings. The van der Waals surface area contributed by atoms with Crippen molar-refractivity contribution in [2.45, 2.75) is 71.0 Å². The molecule has 2 aromatic rings. The van der Waals surface area contributed by atoms with Crippen molar-refractivity contribution in [3.8, 4) is 5.75 Å². The van der Waals surface area contributed by atoms with Crippen molar-refractivity contribution in [2.24, 2.45) is 0 Å². The average Bonchev–Trinajstić information content (AvgIpc) is 3.32. The average molecular weight is 415 g/mol. The maximum Gasteiger partial charge on any atom is 0.287 e. The number of hydrogen-bond acceptors (Lipinski definition) is 5. The molecule has 4 rings (SSSR count). The van der Waals surface area contributed by atoms with Crippen LogP contribution in [-0.2, 0) is 0 Å². The monoisotopic (exact) mass is 414 g/mol. The maximum atomic E-state index is 12.8. The highest BCUT2D eigenvalue weighted by Gasteiger charge is 2.43. The van der Waals surface area contributed by atoms with E-state index >= 15 is 0 Å². The number of ether oxygens (including phenoxy) is 1. The van der Waals surface area contributed by atoms with Gasteiger partial charge in [0.2, 0.25) is 0 Å². The van der Waals surface area contributed by atoms with E-state index < -0.39 is 6.10 Å². The predicted octanol–water partition coefficient (Wildman–Crippen LogP) is 4.33. The van der Waals surface area contributed by atoms with Gasteiger partial charge in [0.05, 0.1) is 6.10 Å². The molecule has 2 heterocycles. The van der Waals surface area contributed by atoms with E-state index in [1.807, 2.05) is 19.1 Å². The topological polar surface area (TPSA) is 74.9 Å². The van der Waals surface area contributed by atoms with E-state index in [0.29, 0.717) is 24.3 Å². The van der Waals surface area contributed by atoms with Crippen molar-refractivity contribution in [1.82, 2.24) is 10.2 Å². The van der Waals surface area contributed by atoms with E-state index in [9.17, 15) is 9.90 Å². The fourth-order valence-electron chi connectivity index (χ4n) is 5.17. The smallest absolute Gasteiger partial charge is 0.287 e. The molecule has 1 fully saturated rings. The van der Waals surface area contributed by atoms with Gasteiger partial charge in [0.15, 0.2) is 5.76 Å². The Labute approximate surface area is 178 Å². The van der Waals surface area contributed by atoms with Crippen LogP contribution >= 0.6 is 0 Å². The summed E-state index contributed by atoms with van der Waals surface area (Å²) in [4.78, 5) is 15.1. The first kappa shape index (κ1) is 21.2. The van der Waals surface area contributed by atoms with Crippen molar-refractivity contribution in [3.63, 3.8) is 0 Å².